The molecule has 0 bridgehead atoms. The number of amides is 1. The van der Waals surface area contributed by atoms with Gasteiger partial charge in [0.05, 0.1) is 28.0 Å². The summed E-state index contributed by atoms with van der Waals surface area (Å²) in [4.78, 5) is 31.1. The van der Waals surface area contributed by atoms with Crippen LogP contribution in [0.5, 0.6) is 0 Å². The molecule has 1 N–H and O–H groups in total. The zero-order valence-electron chi connectivity index (χ0n) is 17.9. The lowest BCUT2D eigenvalue weighted by Gasteiger charge is -2.15. The van der Waals surface area contributed by atoms with E-state index in [1.807, 2.05) is 45.0 Å². The molecule has 5 nitrogen and oxygen atoms in total. The average molecular weight is 443 g/mol. The lowest BCUT2D eigenvalue weighted by Crippen LogP contribution is -2.25. The van der Waals surface area contributed by atoms with E-state index in [1.165, 1.54) is 23.1 Å². The highest BCUT2D eigenvalue weighted by molar-refractivity contribution is 8.00. The lowest BCUT2D eigenvalue weighted by atomic mass is 10.1. The summed E-state index contributed by atoms with van der Waals surface area (Å²) in [5, 5.41) is 5.12. The molecule has 0 saturated carbocycles. The Kier molecular flexibility index (Phi) is 7.15. The Morgan fingerprint density at radius 3 is 2.63 bits per heavy atom. The summed E-state index contributed by atoms with van der Waals surface area (Å²) in [6, 6.07) is 10.0. The second-order valence-corrected chi connectivity index (χ2v) is 9.45. The van der Waals surface area contributed by atoms with Gasteiger partial charge in [-0.3, -0.25) is 4.79 Å². The molecule has 0 spiro atoms. The molecule has 0 aliphatic heterocycles. The molecule has 0 fully saturated rings. The number of nitrogens with one attached hydrogen (secondary N) is 1. The number of esters is 1. The van der Waals surface area contributed by atoms with E-state index in [4.69, 9.17) is 9.72 Å². The first-order valence-electron chi connectivity index (χ1n) is 9.96. The summed E-state index contributed by atoms with van der Waals surface area (Å²) in [6.07, 6.45) is 0.641. The molecule has 30 heavy (non-hydrogen) atoms. The van der Waals surface area contributed by atoms with Crippen molar-refractivity contribution in [3.8, 4) is 0 Å². The Labute approximate surface area is 185 Å². The number of thiophene rings is 1. The number of benzene rings is 1. The van der Waals surface area contributed by atoms with Crippen LogP contribution in [0.1, 0.15) is 46.6 Å². The normalized spacial score (nSPS) is 12.0. The number of rotatable bonds is 7. The van der Waals surface area contributed by atoms with E-state index in [0.717, 1.165) is 31.9 Å². The predicted molar refractivity (Wildman–Crippen MR) is 125 cm³/mol. The third kappa shape index (κ3) is 4.68. The topological polar surface area (TPSA) is 68.3 Å². The first kappa shape index (κ1) is 22.3. The molecule has 158 valence electrons. The van der Waals surface area contributed by atoms with Crippen molar-refractivity contribution in [3.63, 3.8) is 0 Å². The minimum absolute atomic E-state index is 0.137. The fourth-order valence-electron chi connectivity index (χ4n) is 3.20. The van der Waals surface area contributed by atoms with Gasteiger partial charge in [0.1, 0.15) is 5.00 Å². The smallest absolute Gasteiger partial charge is 0.341 e. The lowest BCUT2D eigenvalue weighted by molar-refractivity contribution is -0.115. The van der Waals surface area contributed by atoms with Crippen LogP contribution in [0.25, 0.3) is 10.9 Å². The van der Waals surface area contributed by atoms with Crippen LogP contribution >= 0.6 is 23.1 Å². The Morgan fingerprint density at radius 1 is 1.20 bits per heavy atom. The van der Waals surface area contributed by atoms with Gasteiger partial charge in [-0.2, -0.15) is 0 Å². The molecule has 0 aliphatic carbocycles. The highest BCUT2D eigenvalue weighted by atomic mass is 32.2. The van der Waals surface area contributed by atoms with Crippen molar-refractivity contribution in [3.05, 3.63) is 51.9 Å². The number of carbonyl (C=O) groups excluding carboxylic acids is 2. The van der Waals surface area contributed by atoms with E-state index < -0.39 is 5.97 Å². The third-order valence-corrected chi connectivity index (χ3v) is 7.33. The van der Waals surface area contributed by atoms with Crippen LogP contribution in [0.3, 0.4) is 0 Å². The number of fused-ring (bicyclic) bond motifs is 1. The molecule has 1 amide bonds. The van der Waals surface area contributed by atoms with E-state index in [0.29, 0.717) is 23.6 Å². The first-order chi connectivity index (χ1) is 14.3. The molecule has 1 atom stereocenters. The van der Waals surface area contributed by atoms with Crippen LogP contribution in [-0.2, 0) is 9.53 Å². The maximum atomic E-state index is 13.0. The van der Waals surface area contributed by atoms with Gasteiger partial charge in [0.2, 0.25) is 5.91 Å². The summed E-state index contributed by atoms with van der Waals surface area (Å²) in [6.45, 7) is 9.90. The maximum Gasteiger partial charge on any atom is 0.341 e. The molecule has 2 heterocycles. The van der Waals surface area contributed by atoms with Crippen molar-refractivity contribution in [2.45, 2.75) is 51.3 Å². The van der Waals surface area contributed by atoms with Crippen LogP contribution in [0.15, 0.2) is 35.4 Å². The number of hydrogen-bond donors (Lipinski definition) is 1. The summed E-state index contributed by atoms with van der Waals surface area (Å²) in [5.74, 6) is -0.538. The third-order valence-electron chi connectivity index (χ3n) is 4.93. The van der Waals surface area contributed by atoms with Gasteiger partial charge >= 0.3 is 5.97 Å². The molecular weight excluding hydrogens is 416 g/mol. The summed E-state index contributed by atoms with van der Waals surface area (Å²) in [7, 11) is 0. The Bertz CT molecular complexity index is 1090. The molecule has 3 rings (SSSR count). The zero-order valence-corrected chi connectivity index (χ0v) is 19.5. The van der Waals surface area contributed by atoms with Crippen LogP contribution in [0, 0.1) is 20.8 Å². The number of nitrogens with zero attached hydrogens (tertiary/aromatic N) is 1. The molecule has 1 unspecified atom stereocenters. The summed E-state index contributed by atoms with van der Waals surface area (Å²) >= 11 is 2.85. The van der Waals surface area contributed by atoms with E-state index in [1.54, 1.807) is 6.92 Å². The predicted octanol–water partition coefficient (Wildman–Crippen LogP) is 5.91. The summed E-state index contributed by atoms with van der Waals surface area (Å²) < 4.78 is 5.18. The van der Waals surface area contributed by atoms with E-state index >= 15 is 0 Å². The number of pyridine rings is 1. The SMILES string of the molecule is CCOC(=O)c1c(NC(=O)C(CC)Sc2cc(C)c3ccccc3n2)sc(C)c1C. The molecule has 3 aromatic rings. The van der Waals surface area contributed by atoms with E-state index in [2.05, 4.69) is 18.3 Å². The monoisotopic (exact) mass is 442 g/mol. The van der Waals surface area contributed by atoms with Crippen molar-refractivity contribution in [1.29, 1.82) is 0 Å². The number of carbonyl (C=O) groups is 2. The van der Waals surface area contributed by atoms with Gasteiger partial charge in [0.25, 0.3) is 0 Å². The van der Waals surface area contributed by atoms with Gasteiger partial charge in [-0.25, -0.2) is 9.78 Å². The molecule has 2 aromatic heterocycles. The molecule has 0 saturated heterocycles. The van der Waals surface area contributed by atoms with Gasteiger partial charge in [-0.15, -0.1) is 11.3 Å². The quantitative estimate of drug-likeness (QED) is 0.364. The fourth-order valence-corrected chi connectivity index (χ4v) is 5.27. The van der Waals surface area contributed by atoms with Crippen molar-refractivity contribution < 1.29 is 14.3 Å². The minimum Gasteiger partial charge on any atom is -0.462 e. The second-order valence-electron chi connectivity index (χ2n) is 7.01. The maximum absolute atomic E-state index is 13.0. The Hall–Kier alpha value is -2.38. The highest BCUT2D eigenvalue weighted by Gasteiger charge is 2.25. The number of para-hydroxylation sites is 1. The summed E-state index contributed by atoms with van der Waals surface area (Å²) in [5.41, 5.74) is 3.35. The van der Waals surface area contributed by atoms with Gasteiger partial charge in [0, 0.05) is 10.3 Å². The van der Waals surface area contributed by atoms with Crippen molar-refractivity contribution in [1.82, 2.24) is 4.98 Å². The van der Waals surface area contributed by atoms with Gasteiger partial charge in [-0.05, 0) is 57.4 Å². The average Bonchev–Trinajstić information content (AvgIpc) is 2.99. The number of ether oxygens (including phenoxy) is 1. The van der Waals surface area contributed by atoms with Crippen molar-refractivity contribution in [2.75, 3.05) is 11.9 Å². The van der Waals surface area contributed by atoms with Crippen LogP contribution in [0.2, 0.25) is 0 Å². The standard InChI is InChI=1S/C23H26N2O3S2/c1-6-18(30-19-12-13(3)16-10-8-9-11-17(16)24-19)21(26)25-22-20(23(27)28-7-2)14(4)15(5)29-22/h8-12,18H,6-7H2,1-5H3,(H,25,26). The molecule has 0 aliphatic rings. The number of aromatic nitrogens is 1. The number of aryl methyl sites for hydroxylation is 2. The molecule has 1 aromatic carbocycles. The number of anilines is 1. The zero-order chi connectivity index (χ0) is 21.8. The minimum atomic E-state index is -0.401. The van der Waals surface area contributed by atoms with E-state index in [9.17, 15) is 9.59 Å². The Balaban J connectivity index is 1.83. The fraction of sp³-hybridized carbons (Fsp3) is 0.348. The van der Waals surface area contributed by atoms with Crippen LogP contribution in [-0.4, -0.2) is 28.7 Å². The first-order valence-corrected chi connectivity index (χ1v) is 11.7. The number of hydrogen-bond acceptors (Lipinski definition) is 6. The number of thioether (sulfide) groups is 1. The van der Waals surface area contributed by atoms with Crippen molar-refractivity contribution >= 4 is 50.9 Å². The highest BCUT2D eigenvalue weighted by Crippen LogP contribution is 2.35. The Morgan fingerprint density at radius 2 is 1.93 bits per heavy atom. The van der Waals surface area contributed by atoms with E-state index in [-0.39, 0.29) is 11.2 Å². The van der Waals surface area contributed by atoms with Crippen LogP contribution in [0.4, 0.5) is 5.00 Å². The molecule has 0 radical (unpaired) electrons. The second kappa shape index (κ2) is 9.62. The molecular formula is C23H26N2O3S2. The van der Waals surface area contributed by atoms with Crippen LogP contribution < -0.4 is 5.32 Å². The molecule has 7 heteroatoms. The van der Waals surface area contributed by atoms with Gasteiger partial charge in [-0.1, -0.05) is 36.9 Å². The van der Waals surface area contributed by atoms with Crippen molar-refractivity contribution in [2.24, 2.45) is 0 Å². The largest absolute Gasteiger partial charge is 0.462 e. The van der Waals surface area contributed by atoms with Gasteiger partial charge in [0.15, 0.2) is 0 Å². The van der Waals surface area contributed by atoms with Gasteiger partial charge < -0.3 is 10.1 Å².